The maximum Gasteiger partial charge on any atom is 0.135 e. The Bertz CT molecular complexity index is 402. The summed E-state index contributed by atoms with van der Waals surface area (Å²) in [5.41, 5.74) is 0. The molecule has 0 radical (unpaired) electrons. The molecule has 0 atom stereocenters. The first-order chi connectivity index (χ1) is 10.1. The standard InChI is InChI=1S/C16H31N5/c1-6-17-14-12-15(20-16(19-14)13(4)5)18-10-9-11-21(7-2)8-3/h12-13H,6-11H2,1-5H3,(H2,17,18,19,20). The molecule has 0 bridgehead atoms. The fourth-order valence-corrected chi connectivity index (χ4v) is 2.15. The molecule has 0 aliphatic rings. The highest BCUT2D eigenvalue weighted by Crippen LogP contribution is 2.16. The number of nitrogens with one attached hydrogen (secondary N) is 2. The smallest absolute Gasteiger partial charge is 0.135 e. The molecule has 0 saturated heterocycles. The van der Waals surface area contributed by atoms with Gasteiger partial charge in [-0.05, 0) is 33.0 Å². The molecule has 0 amide bonds. The lowest BCUT2D eigenvalue weighted by atomic mass is 10.2. The maximum atomic E-state index is 4.60. The summed E-state index contributed by atoms with van der Waals surface area (Å²) >= 11 is 0. The van der Waals surface area contributed by atoms with Crippen molar-refractivity contribution in [2.24, 2.45) is 0 Å². The van der Waals surface area contributed by atoms with Gasteiger partial charge in [0.25, 0.3) is 0 Å². The molecule has 1 rings (SSSR count). The van der Waals surface area contributed by atoms with Crippen molar-refractivity contribution in [2.75, 3.05) is 43.4 Å². The number of hydrogen-bond acceptors (Lipinski definition) is 5. The Morgan fingerprint density at radius 2 is 1.67 bits per heavy atom. The molecule has 0 fully saturated rings. The fraction of sp³-hybridized carbons (Fsp3) is 0.750. The molecule has 1 aromatic rings. The van der Waals surface area contributed by atoms with Gasteiger partial charge in [-0.3, -0.25) is 0 Å². The lowest BCUT2D eigenvalue weighted by molar-refractivity contribution is 0.303. The van der Waals surface area contributed by atoms with Crippen molar-refractivity contribution in [3.8, 4) is 0 Å². The molecule has 0 unspecified atom stereocenters. The molecule has 0 saturated carbocycles. The molecular weight excluding hydrogens is 262 g/mol. The fourth-order valence-electron chi connectivity index (χ4n) is 2.15. The third-order valence-electron chi connectivity index (χ3n) is 3.47. The summed E-state index contributed by atoms with van der Waals surface area (Å²) in [6.07, 6.45) is 1.12. The van der Waals surface area contributed by atoms with E-state index in [4.69, 9.17) is 0 Å². The van der Waals surface area contributed by atoms with Crippen LogP contribution in [0.1, 0.15) is 52.8 Å². The molecule has 5 nitrogen and oxygen atoms in total. The van der Waals surface area contributed by atoms with Crippen molar-refractivity contribution in [2.45, 2.75) is 47.0 Å². The summed E-state index contributed by atoms with van der Waals surface area (Å²) < 4.78 is 0. The second-order valence-electron chi connectivity index (χ2n) is 5.49. The van der Waals surface area contributed by atoms with Crippen LogP contribution in [0.2, 0.25) is 0 Å². The highest BCUT2D eigenvalue weighted by molar-refractivity contribution is 5.47. The van der Waals surface area contributed by atoms with Gasteiger partial charge in [0.15, 0.2) is 0 Å². The normalized spacial score (nSPS) is 11.2. The lowest BCUT2D eigenvalue weighted by Crippen LogP contribution is -2.25. The van der Waals surface area contributed by atoms with Gasteiger partial charge < -0.3 is 15.5 Å². The molecule has 0 aliphatic heterocycles. The molecule has 2 N–H and O–H groups in total. The first kappa shape index (κ1) is 17.7. The zero-order valence-corrected chi connectivity index (χ0v) is 14.2. The largest absolute Gasteiger partial charge is 0.370 e. The number of rotatable bonds is 10. The third-order valence-corrected chi connectivity index (χ3v) is 3.47. The minimum absolute atomic E-state index is 0.333. The van der Waals surface area contributed by atoms with Crippen molar-refractivity contribution < 1.29 is 0 Å². The van der Waals surface area contributed by atoms with E-state index in [0.717, 1.165) is 56.6 Å². The Labute approximate surface area is 129 Å². The topological polar surface area (TPSA) is 53.1 Å². The molecule has 0 spiro atoms. The van der Waals surface area contributed by atoms with Crippen LogP contribution in [0.5, 0.6) is 0 Å². The number of nitrogens with zero attached hydrogens (tertiary/aromatic N) is 3. The molecule has 0 aromatic carbocycles. The summed E-state index contributed by atoms with van der Waals surface area (Å²) in [5.74, 6) is 3.05. The van der Waals surface area contributed by atoms with Crippen LogP contribution in [0.4, 0.5) is 11.6 Å². The molecular formula is C16H31N5. The van der Waals surface area contributed by atoms with Crippen molar-refractivity contribution in [3.05, 3.63) is 11.9 Å². The summed E-state index contributed by atoms with van der Waals surface area (Å²) in [6, 6.07) is 1.99. The Kier molecular flexibility index (Phi) is 8.05. The minimum atomic E-state index is 0.333. The van der Waals surface area contributed by atoms with Gasteiger partial charge in [-0.25, -0.2) is 9.97 Å². The van der Waals surface area contributed by atoms with E-state index in [2.05, 4.69) is 60.1 Å². The molecule has 0 aliphatic carbocycles. The van der Waals surface area contributed by atoms with Crippen molar-refractivity contribution in [1.82, 2.24) is 14.9 Å². The molecule has 120 valence electrons. The predicted octanol–water partition coefficient (Wildman–Crippen LogP) is 3.18. The van der Waals surface area contributed by atoms with Gasteiger partial charge >= 0.3 is 0 Å². The van der Waals surface area contributed by atoms with Gasteiger partial charge in [-0.2, -0.15) is 0 Å². The van der Waals surface area contributed by atoms with E-state index in [-0.39, 0.29) is 0 Å². The Morgan fingerprint density at radius 3 is 2.19 bits per heavy atom. The van der Waals surface area contributed by atoms with E-state index in [9.17, 15) is 0 Å². The van der Waals surface area contributed by atoms with Crippen molar-refractivity contribution in [1.29, 1.82) is 0 Å². The van der Waals surface area contributed by atoms with Gasteiger partial charge in [0.1, 0.15) is 17.5 Å². The van der Waals surface area contributed by atoms with Crippen LogP contribution < -0.4 is 10.6 Å². The Hall–Kier alpha value is -1.36. The monoisotopic (exact) mass is 293 g/mol. The van der Waals surface area contributed by atoms with Crippen LogP contribution in [0.3, 0.4) is 0 Å². The van der Waals surface area contributed by atoms with E-state index in [1.807, 2.05) is 6.07 Å². The Morgan fingerprint density at radius 1 is 1.05 bits per heavy atom. The van der Waals surface area contributed by atoms with E-state index in [1.165, 1.54) is 0 Å². The Balaban J connectivity index is 2.57. The van der Waals surface area contributed by atoms with Gasteiger partial charge in [-0.1, -0.05) is 27.7 Å². The molecule has 1 aromatic heterocycles. The lowest BCUT2D eigenvalue weighted by Gasteiger charge is -2.18. The zero-order chi connectivity index (χ0) is 15.7. The van der Waals surface area contributed by atoms with Gasteiger partial charge in [0.2, 0.25) is 0 Å². The van der Waals surface area contributed by atoms with E-state index in [1.54, 1.807) is 0 Å². The van der Waals surface area contributed by atoms with Crippen molar-refractivity contribution >= 4 is 11.6 Å². The number of hydrogen-bond donors (Lipinski definition) is 2. The third kappa shape index (κ3) is 6.29. The average molecular weight is 293 g/mol. The zero-order valence-electron chi connectivity index (χ0n) is 14.2. The van der Waals surface area contributed by atoms with Gasteiger partial charge in [0.05, 0.1) is 0 Å². The van der Waals surface area contributed by atoms with E-state index >= 15 is 0 Å². The summed E-state index contributed by atoms with van der Waals surface area (Å²) in [7, 11) is 0. The summed E-state index contributed by atoms with van der Waals surface area (Å²) in [4.78, 5) is 11.6. The predicted molar refractivity (Wildman–Crippen MR) is 91.2 cm³/mol. The maximum absolute atomic E-state index is 4.60. The van der Waals surface area contributed by atoms with Gasteiger partial charge in [0, 0.05) is 25.1 Å². The van der Waals surface area contributed by atoms with Crippen LogP contribution in [-0.2, 0) is 0 Å². The van der Waals surface area contributed by atoms with Crippen LogP contribution in [0, 0.1) is 0 Å². The van der Waals surface area contributed by atoms with Crippen molar-refractivity contribution in [3.63, 3.8) is 0 Å². The first-order valence-corrected chi connectivity index (χ1v) is 8.19. The quantitative estimate of drug-likeness (QED) is 0.649. The van der Waals surface area contributed by atoms with Gasteiger partial charge in [-0.15, -0.1) is 0 Å². The average Bonchev–Trinajstić information content (AvgIpc) is 2.47. The molecule has 1 heterocycles. The molecule has 21 heavy (non-hydrogen) atoms. The van der Waals surface area contributed by atoms with Crippen LogP contribution >= 0.6 is 0 Å². The number of aromatic nitrogens is 2. The summed E-state index contributed by atoms with van der Waals surface area (Å²) in [5, 5.41) is 6.70. The van der Waals surface area contributed by atoms with Crippen LogP contribution in [0.15, 0.2) is 6.07 Å². The molecule has 5 heteroatoms. The highest BCUT2D eigenvalue weighted by Gasteiger charge is 2.07. The SMILES string of the molecule is CCNc1cc(NCCCN(CC)CC)nc(C(C)C)n1. The summed E-state index contributed by atoms with van der Waals surface area (Å²) in [6.45, 7) is 15.9. The minimum Gasteiger partial charge on any atom is -0.370 e. The van der Waals surface area contributed by atoms with E-state index < -0.39 is 0 Å². The van der Waals surface area contributed by atoms with E-state index in [0.29, 0.717) is 5.92 Å². The first-order valence-electron chi connectivity index (χ1n) is 8.19. The second kappa shape index (κ2) is 9.55. The van der Waals surface area contributed by atoms with Crippen LogP contribution in [-0.4, -0.2) is 47.6 Å². The second-order valence-corrected chi connectivity index (χ2v) is 5.49. The highest BCUT2D eigenvalue weighted by atomic mass is 15.1. The van der Waals surface area contributed by atoms with Crippen LogP contribution in [0.25, 0.3) is 0 Å². The number of anilines is 2.